The number of carbonyl (C=O) groups is 1. The molecule has 1 unspecified atom stereocenters. The summed E-state index contributed by atoms with van der Waals surface area (Å²) in [5.41, 5.74) is 6.83. The summed E-state index contributed by atoms with van der Waals surface area (Å²) >= 11 is 3.76. The predicted octanol–water partition coefficient (Wildman–Crippen LogP) is 1.75. The Bertz CT molecular complexity index is 450. The molecule has 1 aliphatic heterocycles. The molecule has 87 valence electrons. The van der Waals surface area contributed by atoms with Crippen molar-refractivity contribution >= 4 is 17.3 Å². The number of nitrogens with two attached hydrogens (primary N) is 1. The van der Waals surface area contributed by atoms with Gasteiger partial charge in [0.15, 0.2) is 0 Å². The molecule has 3 nitrogen and oxygen atoms in total. The van der Waals surface area contributed by atoms with Crippen molar-refractivity contribution in [3.05, 3.63) is 23.5 Å². The number of nitrogen functional groups attached to an aromatic ring is 1. The van der Waals surface area contributed by atoms with Crippen LogP contribution in [0.25, 0.3) is 0 Å². The van der Waals surface area contributed by atoms with Crippen molar-refractivity contribution < 1.29 is 25.2 Å². The number of hydrogen-bond acceptors (Lipinski definition) is 2. The first-order chi connectivity index (χ1) is 7.56. The van der Waals surface area contributed by atoms with Crippen LogP contribution in [0.15, 0.2) is 12.1 Å². The first kappa shape index (κ1) is 11.4. The Morgan fingerprint density at radius 1 is 1.56 bits per heavy atom. The summed E-state index contributed by atoms with van der Waals surface area (Å²) in [5, 5.41) is 0. The molecule has 0 aromatic heterocycles. The van der Waals surface area contributed by atoms with Gasteiger partial charge in [0, 0.05) is 0 Å². The molecule has 1 aliphatic rings. The number of fused-ring (bicyclic) bond motifs is 1. The molecule has 2 rings (SSSR count). The standard InChI is InChI=1S/C11H12FN2O.Fe/c1-2-3-14-10(15)5-7-4-8(13)6-9(12)11(7)14;/h4-6H,2-3,13H2,1H3;. The van der Waals surface area contributed by atoms with E-state index in [1.54, 1.807) is 6.07 Å². The van der Waals surface area contributed by atoms with Crippen molar-refractivity contribution in [2.45, 2.75) is 18.2 Å². The van der Waals surface area contributed by atoms with Crippen molar-refractivity contribution in [2.75, 3.05) is 17.2 Å². The minimum absolute atomic E-state index is 0.152. The summed E-state index contributed by atoms with van der Waals surface area (Å²) in [4.78, 5) is 12.8. The van der Waals surface area contributed by atoms with Crippen LogP contribution in [0.3, 0.4) is 0 Å². The van der Waals surface area contributed by atoms with Gasteiger partial charge in [-0.1, -0.05) is 0 Å². The molecule has 1 heterocycles. The molecule has 0 fully saturated rings. The van der Waals surface area contributed by atoms with Gasteiger partial charge in [0.1, 0.15) is 0 Å². The maximum absolute atomic E-state index is 13.8. The van der Waals surface area contributed by atoms with Gasteiger partial charge in [0.2, 0.25) is 0 Å². The summed E-state index contributed by atoms with van der Waals surface area (Å²) in [6, 6.07) is 2.87. The molecular formula is C11H12FFeN2O. The molecule has 5 heteroatoms. The average molecular weight is 263 g/mol. The summed E-state index contributed by atoms with van der Waals surface area (Å²) in [5.74, 6) is -0.593. The van der Waals surface area contributed by atoms with E-state index in [1.807, 2.05) is 6.92 Å². The average Bonchev–Trinajstić information content (AvgIpc) is 2.44. The number of nitrogens with zero attached hydrogens (tertiary/aromatic N) is 1. The molecule has 0 saturated heterocycles. The van der Waals surface area contributed by atoms with Crippen molar-refractivity contribution in [1.82, 2.24) is 0 Å². The molecule has 0 bridgehead atoms. The Kier molecular flexibility index (Phi) is 2.91. The first-order valence-corrected chi connectivity index (χ1v) is 5.73. The van der Waals surface area contributed by atoms with E-state index in [9.17, 15) is 9.18 Å². The van der Waals surface area contributed by atoms with Crippen LogP contribution in [-0.2, 0) is 20.8 Å². The number of amides is 1. The molecular weight excluding hydrogens is 251 g/mol. The van der Waals surface area contributed by atoms with Crippen molar-refractivity contribution in [1.29, 1.82) is 0 Å². The van der Waals surface area contributed by atoms with Gasteiger partial charge in [0.25, 0.3) is 0 Å². The van der Waals surface area contributed by atoms with Gasteiger partial charge in [-0.2, -0.15) is 0 Å². The number of anilines is 2. The fraction of sp³-hybridized carbons (Fsp3) is 0.364. The van der Waals surface area contributed by atoms with Gasteiger partial charge in [-0.05, 0) is 0 Å². The van der Waals surface area contributed by atoms with Crippen LogP contribution in [0, 0.1) is 5.82 Å². The van der Waals surface area contributed by atoms with Crippen molar-refractivity contribution in [2.24, 2.45) is 0 Å². The van der Waals surface area contributed by atoms with Crippen LogP contribution < -0.4 is 10.6 Å². The zero-order valence-corrected chi connectivity index (χ0v) is 9.91. The minimum atomic E-state index is -0.542. The molecule has 1 aromatic rings. The summed E-state index contributed by atoms with van der Waals surface area (Å²) in [6.07, 6.45) is 0.779. The van der Waals surface area contributed by atoms with Crippen LogP contribution in [-0.4, -0.2) is 12.5 Å². The third-order valence-corrected chi connectivity index (χ3v) is 3.19. The van der Waals surface area contributed by atoms with E-state index < -0.39 is 10.6 Å². The van der Waals surface area contributed by atoms with Crippen LogP contribution >= 0.6 is 0 Å². The van der Waals surface area contributed by atoms with E-state index in [2.05, 4.69) is 16.0 Å². The Morgan fingerprint density at radius 3 is 2.88 bits per heavy atom. The molecule has 0 radical (unpaired) electrons. The van der Waals surface area contributed by atoms with E-state index >= 15 is 0 Å². The van der Waals surface area contributed by atoms with E-state index in [-0.39, 0.29) is 5.91 Å². The number of halogens is 1. The fourth-order valence-electron chi connectivity index (χ4n) is 1.94. The quantitative estimate of drug-likeness (QED) is 0.652. The van der Waals surface area contributed by atoms with Gasteiger partial charge < -0.3 is 0 Å². The molecule has 1 aromatic carbocycles. The Morgan fingerprint density at radius 2 is 2.25 bits per heavy atom. The fourth-order valence-corrected chi connectivity index (χ4v) is 2.35. The van der Waals surface area contributed by atoms with E-state index in [0.717, 1.165) is 6.42 Å². The Labute approximate surface area is 102 Å². The number of rotatable bonds is 2. The SMILES string of the molecule is CCCN1C(=O)[CH]([Fe])c2cc(N)cc(F)c21. The molecule has 1 atom stereocenters. The summed E-state index contributed by atoms with van der Waals surface area (Å²) in [6.45, 7) is 2.46. The third kappa shape index (κ3) is 1.60. The second kappa shape index (κ2) is 4.07. The topological polar surface area (TPSA) is 46.3 Å². The number of carbonyl (C=O) groups excluding carboxylic acids is 1. The van der Waals surface area contributed by atoms with Crippen LogP contribution in [0.2, 0.25) is 0 Å². The van der Waals surface area contributed by atoms with E-state index in [0.29, 0.717) is 23.5 Å². The molecule has 0 aliphatic carbocycles. The molecule has 2 N–H and O–H groups in total. The Hall–Kier alpha value is -1.06. The zero-order chi connectivity index (χ0) is 11.9. The molecule has 16 heavy (non-hydrogen) atoms. The van der Waals surface area contributed by atoms with Crippen LogP contribution in [0.1, 0.15) is 23.7 Å². The monoisotopic (exact) mass is 263 g/mol. The van der Waals surface area contributed by atoms with E-state index in [4.69, 9.17) is 5.73 Å². The number of benzene rings is 1. The van der Waals surface area contributed by atoms with Gasteiger partial charge in [-0.3, -0.25) is 0 Å². The molecule has 1 amide bonds. The van der Waals surface area contributed by atoms with Crippen LogP contribution in [0.5, 0.6) is 0 Å². The van der Waals surface area contributed by atoms with Crippen LogP contribution in [0.4, 0.5) is 15.8 Å². The Balaban J connectivity index is 2.56. The van der Waals surface area contributed by atoms with Gasteiger partial charge in [-0.15, -0.1) is 0 Å². The van der Waals surface area contributed by atoms with Gasteiger partial charge >= 0.3 is 101 Å². The maximum atomic E-state index is 13.8. The van der Waals surface area contributed by atoms with Gasteiger partial charge in [-0.25, -0.2) is 0 Å². The van der Waals surface area contributed by atoms with E-state index in [1.165, 1.54) is 11.0 Å². The van der Waals surface area contributed by atoms with Gasteiger partial charge in [0.05, 0.1) is 0 Å². The number of hydrogen-bond donors (Lipinski definition) is 1. The first-order valence-electron chi connectivity index (χ1n) is 5.09. The summed E-state index contributed by atoms with van der Waals surface area (Å²) < 4.78 is 13.8. The second-order valence-corrected chi connectivity index (χ2v) is 4.42. The normalized spacial score (nSPS) is 19.1. The van der Waals surface area contributed by atoms with Crippen molar-refractivity contribution in [3.8, 4) is 0 Å². The molecule has 0 spiro atoms. The predicted molar refractivity (Wildman–Crippen MR) is 56.2 cm³/mol. The zero-order valence-electron chi connectivity index (χ0n) is 8.81. The van der Waals surface area contributed by atoms with Crippen molar-refractivity contribution in [3.63, 3.8) is 0 Å². The second-order valence-electron chi connectivity index (χ2n) is 3.78. The third-order valence-electron chi connectivity index (χ3n) is 2.57. The molecule has 0 saturated carbocycles. The summed E-state index contributed by atoms with van der Waals surface area (Å²) in [7, 11) is 0.